The topological polar surface area (TPSA) is 23.5 Å². The van der Waals surface area contributed by atoms with Gasteiger partial charge in [-0.25, -0.2) is 8.78 Å². The Morgan fingerprint density at radius 2 is 1.86 bits per heavy atom. The number of anilines is 1. The molecule has 0 aliphatic rings. The minimum Gasteiger partial charge on any atom is -0.384 e. The Balaban J connectivity index is 2.18. The van der Waals surface area contributed by atoms with E-state index >= 15 is 0 Å². The highest BCUT2D eigenvalue weighted by molar-refractivity contribution is 5.48. The molecule has 0 fully saturated rings. The van der Waals surface area contributed by atoms with Crippen molar-refractivity contribution in [3.63, 3.8) is 0 Å². The van der Waals surface area contributed by atoms with E-state index in [1.807, 2.05) is 0 Å². The quantitative estimate of drug-likeness (QED) is 0.877. The maximum atomic E-state index is 14.0. The molecule has 2 aromatic rings. The second kappa shape index (κ2) is 6.87. The summed E-state index contributed by atoms with van der Waals surface area (Å²) in [6.45, 7) is -0.0140. The summed E-state index contributed by atoms with van der Waals surface area (Å²) in [6.07, 6.45) is 0. The average Bonchev–Trinajstić information content (AvgIpc) is 2.48. The molecule has 4 heteroatoms. The smallest absolute Gasteiger partial charge is 0.146 e. The molecule has 1 N–H and O–H groups in total. The van der Waals surface area contributed by atoms with E-state index in [-0.39, 0.29) is 19.0 Å². The van der Waals surface area contributed by atoms with Crippen LogP contribution in [0, 0.1) is 23.5 Å². The van der Waals surface area contributed by atoms with Gasteiger partial charge in [-0.1, -0.05) is 30.0 Å². The van der Waals surface area contributed by atoms with Crippen molar-refractivity contribution in [2.24, 2.45) is 0 Å². The molecule has 2 aromatic carbocycles. The molecule has 2 rings (SSSR count). The number of aliphatic hydroxyl groups excluding tert-OH is 1. The predicted octanol–water partition coefficient (Wildman–Crippen LogP) is 2.95. The fourth-order valence-corrected chi connectivity index (χ4v) is 2.00. The minimum atomic E-state index is -0.400. The third-order valence-electron chi connectivity index (χ3n) is 3.04. The van der Waals surface area contributed by atoms with Crippen LogP contribution in [-0.4, -0.2) is 18.8 Å². The number of halogens is 2. The van der Waals surface area contributed by atoms with Gasteiger partial charge in [0.15, 0.2) is 0 Å². The minimum absolute atomic E-state index is 0.250. The van der Waals surface area contributed by atoms with Crippen LogP contribution in [0.1, 0.15) is 11.1 Å². The van der Waals surface area contributed by atoms with E-state index in [9.17, 15) is 8.78 Å². The summed E-state index contributed by atoms with van der Waals surface area (Å²) in [5.74, 6) is 4.37. The normalized spacial score (nSPS) is 9.90. The summed E-state index contributed by atoms with van der Waals surface area (Å²) in [7, 11) is 1.71. The summed E-state index contributed by atoms with van der Waals surface area (Å²) >= 11 is 0. The highest BCUT2D eigenvalue weighted by Crippen LogP contribution is 2.20. The molecule has 0 amide bonds. The van der Waals surface area contributed by atoms with Gasteiger partial charge in [0.25, 0.3) is 0 Å². The number of hydrogen-bond acceptors (Lipinski definition) is 2. The second-order valence-electron chi connectivity index (χ2n) is 4.57. The van der Waals surface area contributed by atoms with Gasteiger partial charge in [0, 0.05) is 24.7 Å². The SMILES string of the molecule is CN(Cc1ccc(C#CCO)cc1F)c1ccccc1F. The molecule has 108 valence electrons. The van der Waals surface area contributed by atoms with E-state index in [2.05, 4.69) is 11.8 Å². The van der Waals surface area contributed by atoms with E-state index in [1.165, 1.54) is 12.1 Å². The first-order valence-electron chi connectivity index (χ1n) is 6.45. The number of rotatable bonds is 3. The fraction of sp³-hybridized carbons (Fsp3) is 0.176. The Morgan fingerprint density at radius 1 is 1.10 bits per heavy atom. The zero-order chi connectivity index (χ0) is 15.2. The third-order valence-corrected chi connectivity index (χ3v) is 3.04. The molecule has 0 atom stereocenters. The molecule has 0 aliphatic carbocycles. The largest absolute Gasteiger partial charge is 0.384 e. The van der Waals surface area contributed by atoms with Crippen LogP contribution in [-0.2, 0) is 6.54 Å². The summed E-state index contributed by atoms with van der Waals surface area (Å²) in [6, 6.07) is 11.0. The molecule has 0 heterocycles. The van der Waals surface area contributed by atoms with Crippen molar-refractivity contribution >= 4 is 5.69 Å². The fourth-order valence-electron chi connectivity index (χ4n) is 2.00. The van der Waals surface area contributed by atoms with E-state index in [4.69, 9.17) is 5.11 Å². The van der Waals surface area contributed by atoms with E-state index in [0.717, 1.165) is 0 Å². The van der Waals surface area contributed by atoms with Gasteiger partial charge in [0.05, 0.1) is 5.69 Å². The molecule has 0 spiro atoms. The van der Waals surface area contributed by atoms with Crippen molar-refractivity contribution in [2.45, 2.75) is 6.54 Å². The highest BCUT2D eigenvalue weighted by Gasteiger charge is 2.10. The Kier molecular flexibility index (Phi) is 4.91. The number of hydrogen-bond donors (Lipinski definition) is 1. The van der Waals surface area contributed by atoms with Crippen LogP contribution in [0.25, 0.3) is 0 Å². The summed E-state index contributed by atoms with van der Waals surface area (Å²) in [5.41, 5.74) is 1.37. The predicted molar refractivity (Wildman–Crippen MR) is 78.9 cm³/mol. The van der Waals surface area contributed by atoms with Crippen LogP contribution in [0.2, 0.25) is 0 Å². The monoisotopic (exact) mass is 287 g/mol. The molecule has 0 aromatic heterocycles. The van der Waals surface area contributed by atoms with Gasteiger partial charge in [0.1, 0.15) is 18.2 Å². The Bertz CT molecular complexity index is 689. The summed E-state index contributed by atoms with van der Waals surface area (Å²) < 4.78 is 27.7. The molecular formula is C17H15F2NO. The molecule has 0 saturated carbocycles. The first-order chi connectivity index (χ1) is 10.1. The molecule has 0 unspecified atom stereocenters. The Morgan fingerprint density at radius 3 is 2.52 bits per heavy atom. The van der Waals surface area contributed by atoms with Gasteiger partial charge in [-0.2, -0.15) is 0 Å². The first-order valence-corrected chi connectivity index (χ1v) is 6.45. The van der Waals surface area contributed by atoms with Gasteiger partial charge < -0.3 is 10.0 Å². The highest BCUT2D eigenvalue weighted by atomic mass is 19.1. The number of para-hydroxylation sites is 1. The van der Waals surface area contributed by atoms with Gasteiger partial charge in [-0.05, 0) is 24.3 Å². The Hall–Kier alpha value is -2.38. The van der Waals surface area contributed by atoms with Crippen LogP contribution in [0.15, 0.2) is 42.5 Å². The zero-order valence-corrected chi connectivity index (χ0v) is 11.6. The van der Waals surface area contributed by atoms with Crippen molar-refractivity contribution in [3.05, 3.63) is 65.2 Å². The number of aliphatic hydroxyl groups is 1. The lowest BCUT2D eigenvalue weighted by Crippen LogP contribution is -2.18. The number of benzene rings is 2. The first kappa shape index (κ1) is 15.0. The molecular weight excluding hydrogens is 272 g/mol. The van der Waals surface area contributed by atoms with E-state index < -0.39 is 5.82 Å². The van der Waals surface area contributed by atoms with E-state index in [1.54, 1.807) is 42.3 Å². The van der Waals surface area contributed by atoms with Crippen LogP contribution in [0.5, 0.6) is 0 Å². The Labute approximate surface area is 122 Å². The molecule has 0 aliphatic heterocycles. The lowest BCUT2D eigenvalue weighted by molar-refractivity contribution is 0.350. The van der Waals surface area contributed by atoms with Crippen LogP contribution < -0.4 is 4.90 Å². The lowest BCUT2D eigenvalue weighted by atomic mass is 10.1. The van der Waals surface area contributed by atoms with Crippen molar-refractivity contribution in [3.8, 4) is 11.8 Å². The second-order valence-corrected chi connectivity index (χ2v) is 4.57. The standard InChI is InChI=1S/C17H15F2NO/c1-20(17-7-3-2-6-15(17)18)12-14-9-8-13(5-4-10-21)11-16(14)19/h2-3,6-9,11,21H,10,12H2,1H3. The molecule has 0 radical (unpaired) electrons. The van der Waals surface area contributed by atoms with E-state index in [0.29, 0.717) is 16.8 Å². The van der Waals surface area contributed by atoms with Crippen molar-refractivity contribution < 1.29 is 13.9 Å². The lowest BCUT2D eigenvalue weighted by Gasteiger charge is -2.20. The molecule has 0 bridgehead atoms. The van der Waals surface area contributed by atoms with Crippen molar-refractivity contribution in [1.29, 1.82) is 0 Å². The van der Waals surface area contributed by atoms with Gasteiger partial charge in [0.2, 0.25) is 0 Å². The number of nitrogens with zero attached hydrogens (tertiary/aromatic N) is 1. The summed E-state index contributed by atoms with van der Waals surface area (Å²) in [5, 5.41) is 8.61. The third kappa shape index (κ3) is 3.80. The summed E-state index contributed by atoms with van der Waals surface area (Å²) in [4.78, 5) is 1.65. The molecule has 0 saturated heterocycles. The van der Waals surface area contributed by atoms with Gasteiger partial charge in [-0.15, -0.1) is 0 Å². The molecule has 2 nitrogen and oxygen atoms in total. The van der Waals surface area contributed by atoms with Crippen LogP contribution in [0.3, 0.4) is 0 Å². The van der Waals surface area contributed by atoms with Crippen molar-refractivity contribution in [1.82, 2.24) is 0 Å². The van der Waals surface area contributed by atoms with Crippen LogP contribution in [0.4, 0.5) is 14.5 Å². The maximum Gasteiger partial charge on any atom is 0.146 e. The van der Waals surface area contributed by atoms with Gasteiger partial charge in [-0.3, -0.25) is 0 Å². The average molecular weight is 287 g/mol. The van der Waals surface area contributed by atoms with Crippen molar-refractivity contribution in [2.75, 3.05) is 18.6 Å². The molecule has 21 heavy (non-hydrogen) atoms. The van der Waals surface area contributed by atoms with Crippen LogP contribution >= 0.6 is 0 Å². The zero-order valence-electron chi connectivity index (χ0n) is 11.6. The maximum absolute atomic E-state index is 14.0. The van der Waals surface area contributed by atoms with Gasteiger partial charge >= 0.3 is 0 Å².